The van der Waals surface area contributed by atoms with Gasteiger partial charge in [-0.05, 0) is 6.42 Å². The van der Waals surface area contributed by atoms with Gasteiger partial charge in [0, 0.05) is 24.2 Å². The highest BCUT2D eigenvalue weighted by atomic mass is 35.5. The van der Waals surface area contributed by atoms with Gasteiger partial charge in [0.2, 0.25) is 10.0 Å². The molecule has 0 saturated heterocycles. The molecule has 9 heteroatoms. The van der Waals surface area contributed by atoms with Crippen LogP contribution in [0.5, 0.6) is 0 Å². The Morgan fingerprint density at radius 1 is 1.45 bits per heavy atom. The first kappa shape index (κ1) is 15.0. The fraction of sp³-hybridized carbons (Fsp3) is 0.455. The molecule has 0 aromatic carbocycles. The van der Waals surface area contributed by atoms with Crippen LogP contribution in [0.4, 0.5) is 0 Å². The van der Waals surface area contributed by atoms with E-state index in [4.69, 9.17) is 11.6 Å². The van der Waals surface area contributed by atoms with Crippen LogP contribution >= 0.6 is 11.6 Å². The number of nitrogens with zero attached hydrogens (tertiary/aromatic N) is 1. The zero-order chi connectivity index (χ0) is 14.9. The van der Waals surface area contributed by atoms with E-state index in [-0.39, 0.29) is 18.2 Å². The molecule has 110 valence electrons. The molecule has 0 saturated carbocycles. The lowest BCUT2D eigenvalue weighted by Crippen LogP contribution is -2.27. The van der Waals surface area contributed by atoms with Gasteiger partial charge in [-0.1, -0.05) is 18.5 Å². The number of aromatic amines is 2. The van der Waals surface area contributed by atoms with E-state index in [2.05, 4.69) is 19.7 Å². The Balaban J connectivity index is 2.48. The number of aromatic nitrogens is 3. The van der Waals surface area contributed by atoms with Crippen LogP contribution in [0.25, 0.3) is 11.2 Å². The average Bonchev–Trinajstić information content (AvgIpc) is 2.71. The first-order chi connectivity index (χ1) is 9.31. The Labute approximate surface area is 120 Å². The van der Waals surface area contributed by atoms with Crippen LogP contribution in [0.15, 0.2) is 11.0 Å². The molecule has 3 N–H and O–H groups in total. The molecule has 2 heterocycles. The molecule has 0 aliphatic rings. The molecule has 0 bridgehead atoms. The summed E-state index contributed by atoms with van der Waals surface area (Å²) in [5.41, 5.74) is 1.24. The van der Waals surface area contributed by atoms with E-state index in [1.54, 1.807) is 0 Å². The third-order valence-corrected chi connectivity index (χ3v) is 4.03. The molecule has 0 radical (unpaired) electrons. The summed E-state index contributed by atoms with van der Waals surface area (Å²) < 4.78 is 24.9. The van der Waals surface area contributed by atoms with E-state index in [0.717, 1.165) is 6.26 Å². The van der Waals surface area contributed by atoms with E-state index in [1.165, 1.54) is 6.20 Å². The maximum Gasteiger partial charge on any atom is 0.325 e. The van der Waals surface area contributed by atoms with Crippen molar-refractivity contribution in [2.45, 2.75) is 19.3 Å². The van der Waals surface area contributed by atoms with Crippen molar-refractivity contribution in [3.63, 3.8) is 0 Å². The van der Waals surface area contributed by atoms with Crippen LogP contribution in [-0.2, 0) is 10.0 Å². The van der Waals surface area contributed by atoms with Crippen LogP contribution in [0.2, 0.25) is 5.02 Å². The molecule has 20 heavy (non-hydrogen) atoms. The minimum atomic E-state index is -3.29. The summed E-state index contributed by atoms with van der Waals surface area (Å²) in [6.45, 7) is 2.13. The van der Waals surface area contributed by atoms with Crippen molar-refractivity contribution in [2.24, 2.45) is 0 Å². The number of halogens is 1. The van der Waals surface area contributed by atoms with Crippen LogP contribution in [0, 0.1) is 0 Å². The van der Waals surface area contributed by atoms with Gasteiger partial charge in [-0.2, -0.15) is 0 Å². The molecule has 2 aromatic rings. The summed E-state index contributed by atoms with van der Waals surface area (Å²) in [5.74, 6) is -0.158. The Morgan fingerprint density at radius 2 is 2.15 bits per heavy atom. The van der Waals surface area contributed by atoms with Crippen LogP contribution in [-0.4, -0.2) is 36.2 Å². The highest BCUT2D eigenvalue weighted by Gasteiger charge is 2.20. The number of rotatable bonds is 5. The number of imidazole rings is 1. The number of H-pyrrole nitrogens is 2. The fourth-order valence-corrected chi connectivity index (χ4v) is 2.88. The lowest BCUT2D eigenvalue weighted by molar-refractivity contribution is 0.572. The van der Waals surface area contributed by atoms with Crippen molar-refractivity contribution >= 4 is 32.8 Å². The molecule has 2 rings (SSSR count). The third-order valence-electron chi connectivity index (χ3n) is 3.03. The topological polar surface area (TPSA) is 108 Å². The first-order valence-electron chi connectivity index (χ1n) is 6.03. The lowest BCUT2D eigenvalue weighted by atomic mass is 9.96. The second-order valence-electron chi connectivity index (χ2n) is 4.55. The predicted molar refractivity (Wildman–Crippen MR) is 77.6 cm³/mol. The van der Waals surface area contributed by atoms with Gasteiger partial charge in [0.05, 0.1) is 16.8 Å². The molecular formula is C11H15ClN4O3S. The largest absolute Gasteiger partial charge is 0.325 e. The van der Waals surface area contributed by atoms with Gasteiger partial charge < -0.3 is 4.98 Å². The zero-order valence-corrected chi connectivity index (χ0v) is 12.6. The minimum absolute atomic E-state index is 0.158. The second kappa shape index (κ2) is 5.55. The highest BCUT2D eigenvalue weighted by molar-refractivity contribution is 7.88. The van der Waals surface area contributed by atoms with E-state index in [1.807, 2.05) is 6.92 Å². The molecule has 0 aliphatic carbocycles. The molecule has 0 fully saturated rings. The number of hydrogen-bond acceptors (Lipinski definition) is 4. The molecule has 2 aromatic heterocycles. The van der Waals surface area contributed by atoms with E-state index >= 15 is 0 Å². The summed E-state index contributed by atoms with van der Waals surface area (Å²) in [7, 11) is -3.29. The zero-order valence-electron chi connectivity index (χ0n) is 11.0. The van der Waals surface area contributed by atoms with Gasteiger partial charge in [0.25, 0.3) is 0 Å². The Hall–Kier alpha value is -1.38. The van der Waals surface area contributed by atoms with Crippen molar-refractivity contribution < 1.29 is 8.42 Å². The normalized spacial score (nSPS) is 13.8. The Bertz CT molecular complexity index is 781. The number of nitrogens with one attached hydrogen (secondary N) is 3. The van der Waals surface area contributed by atoms with E-state index < -0.39 is 10.0 Å². The molecule has 0 aliphatic heterocycles. The van der Waals surface area contributed by atoms with Gasteiger partial charge >= 0.3 is 5.69 Å². The van der Waals surface area contributed by atoms with Crippen LogP contribution in [0.3, 0.4) is 0 Å². The van der Waals surface area contributed by atoms with Crippen molar-refractivity contribution in [1.29, 1.82) is 0 Å². The van der Waals surface area contributed by atoms with Gasteiger partial charge in [0.1, 0.15) is 0 Å². The highest BCUT2D eigenvalue weighted by Crippen LogP contribution is 2.30. The van der Waals surface area contributed by atoms with Crippen molar-refractivity contribution in [2.75, 3.05) is 12.8 Å². The smallest absolute Gasteiger partial charge is 0.304 e. The standard InChI is InChI=1S/C11H15ClN4O3S/c1-3-6(4-14-20(2,18)19)8-7(12)5-13-10-9(8)15-11(17)16-10/h5-6,14H,3-4H2,1-2H3,(H2,13,15,16,17)/t6-/m0/s1. The third kappa shape index (κ3) is 3.20. The summed E-state index contributed by atoms with van der Waals surface area (Å²) in [6, 6.07) is 0. The fourth-order valence-electron chi connectivity index (χ4n) is 2.08. The first-order valence-corrected chi connectivity index (χ1v) is 8.29. The molecule has 0 spiro atoms. The van der Waals surface area contributed by atoms with Gasteiger partial charge in [-0.25, -0.2) is 22.9 Å². The molecule has 7 nitrogen and oxygen atoms in total. The van der Waals surface area contributed by atoms with Gasteiger partial charge in [-0.15, -0.1) is 0 Å². The SMILES string of the molecule is CC[C@@H](CNS(C)(=O)=O)c1c(Cl)cnc2[nH]c(=O)[nH]c12. The van der Waals surface area contributed by atoms with Gasteiger partial charge in [0.15, 0.2) is 5.65 Å². The quantitative estimate of drug-likeness (QED) is 0.762. The number of hydrogen-bond donors (Lipinski definition) is 3. The second-order valence-corrected chi connectivity index (χ2v) is 6.79. The Morgan fingerprint density at radius 3 is 2.75 bits per heavy atom. The van der Waals surface area contributed by atoms with E-state index in [9.17, 15) is 13.2 Å². The Kier molecular flexibility index (Phi) is 4.17. The molecule has 1 atom stereocenters. The van der Waals surface area contributed by atoms with E-state index in [0.29, 0.717) is 28.2 Å². The monoisotopic (exact) mass is 318 g/mol. The van der Waals surface area contributed by atoms with Gasteiger partial charge in [-0.3, -0.25) is 4.98 Å². The van der Waals surface area contributed by atoms with Crippen molar-refractivity contribution in [3.8, 4) is 0 Å². The predicted octanol–water partition coefficient (Wildman–Crippen LogP) is 0.947. The molecular weight excluding hydrogens is 304 g/mol. The summed E-state index contributed by atoms with van der Waals surface area (Å²) in [5, 5.41) is 0.398. The van der Waals surface area contributed by atoms with Crippen LogP contribution in [0.1, 0.15) is 24.8 Å². The number of fused-ring (bicyclic) bond motifs is 1. The summed E-state index contributed by atoms with van der Waals surface area (Å²) >= 11 is 6.16. The van der Waals surface area contributed by atoms with Crippen molar-refractivity contribution in [3.05, 3.63) is 27.3 Å². The summed E-state index contributed by atoms with van der Waals surface area (Å²) in [6.07, 6.45) is 3.21. The van der Waals surface area contributed by atoms with Crippen LogP contribution < -0.4 is 10.4 Å². The minimum Gasteiger partial charge on any atom is -0.304 e. The lowest BCUT2D eigenvalue weighted by Gasteiger charge is -2.17. The molecule has 0 amide bonds. The summed E-state index contributed by atoms with van der Waals surface area (Å²) in [4.78, 5) is 20.6. The maximum atomic E-state index is 11.4. The maximum absolute atomic E-state index is 11.4. The number of pyridine rings is 1. The van der Waals surface area contributed by atoms with Crippen molar-refractivity contribution in [1.82, 2.24) is 19.7 Å². The number of sulfonamides is 1. The average molecular weight is 319 g/mol. The molecule has 0 unspecified atom stereocenters.